The molecule has 6 heteroatoms. The Kier molecular flexibility index (Phi) is 8.95. The van der Waals surface area contributed by atoms with E-state index in [9.17, 15) is 4.79 Å². The van der Waals surface area contributed by atoms with E-state index in [1.165, 1.54) is 19.3 Å². The van der Waals surface area contributed by atoms with Crippen molar-refractivity contribution in [1.29, 1.82) is 0 Å². The number of aromatic nitrogens is 2. The number of nitrogens with zero attached hydrogens (tertiary/aromatic N) is 2. The zero-order valence-corrected chi connectivity index (χ0v) is 11.7. The van der Waals surface area contributed by atoms with Gasteiger partial charge in [0.1, 0.15) is 0 Å². The van der Waals surface area contributed by atoms with E-state index >= 15 is 0 Å². The Hall–Kier alpha value is -2.63. The van der Waals surface area contributed by atoms with Gasteiger partial charge < -0.3 is 14.3 Å². The predicted octanol–water partition coefficient (Wildman–Crippen LogP) is 2.77. The summed E-state index contributed by atoms with van der Waals surface area (Å²) < 4.78 is 8.56. The van der Waals surface area contributed by atoms with E-state index in [-0.39, 0.29) is 11.9 Å². The van der Waals surface area contributed by atoms with E-state index in [0.29, 0.717) is 0 Å². The fraction of sp³-hybridized carbons (Fsp3) is 0.214. The van der Waals surface area contributed by atoms with Gasteiger partial charge in [-0.05, 0) is 19.9 Å². The number of hydrogen-bond donors (Lipinski definition) is 1. The van der Waals surface area contributed by atoms with Crippen molar-refractivity contribution in [2.45, 2.75) is 20.8 Å². The van der Waals surface area contributed by atoms with Crippen LogP contribution in [0.15, 0.2) is 48.0 Å². The van der Waals surface area contributed by atoms with Gasteiger partial charge in [0.25, 0.3) is 5.95 Å². The van der Waals surface area contributed by atoms with E-state index < -0.39 is 0 Å². The second-order valence-electron chi connectivity index (χ2n) is 3.53. The maximum Gasteiger partial charge on any atom is 0.307 e. The number of ether oxygens (including phenoxy) is 1. The van der Waals surface area contributed by atoms with Crippen molar-refractivity contribution in [2.24, 2.45) is 0 Å². The molecule has 2 aromatic rings. The Morgan fingerprint density at radius 1 is 1.35 bits per heavy atom. The minimum atomic E-state index is -0.329. The number of aryl methyl sites for hydroxylation is 2. The Bertz CT molecular complexity index is 471. The maximum atomic E-state index is 9.75. The average molecular weight is 278 g/mol. The van der Waals surface area contributed by atoms with Crippen LogP contribution in [0.1, 0.15) is 18.3 Å². The van der Waals surface area contributed by atoms with Crippen LogP contribution in [0, 0.1) is 13.8 Å². The minimum absolute atomic E-state index is 0.0324. The average Bonchev–Trinajstić information content (AvgIpc) is 2.85. The van der Waals surface area contributed by atoms with Crippen molar-refractivity contribution >= 4 is 5.97 Å². The molecule has 6 nitrogen and oxygen atoms in total. The van der Waals surface area contributed by atoms with E-state index in [2.05, 4.69) is 25.7 Å². The third-order valence-corrected chi connectivity index (χ3v) is 1.67. The van der Waals surface area contributed by atoms with Crippen LogP contribution in [0.3, 0.4) is 0 Å². The van der Waals surface area contributed by atoms with E-state index in [1.807, 2.05) is 13.8 Å². The Morgan fingerprint density at radius 3 is 2.05 bits per heavy atom. The molecule has 0 aliphatic carbocycles. The topological polar surface area (TPSA) is 85.5 Å². The highest BCUT2D eigenvalue weighted by molar-refractivity contribution is 5.66. The van der Waals surface area contributed by atoms with Crippen molar-refractivity contribution in [3.8, 4) is 5.95 Å². The molecule has 0 aromatic carbocycles. The highest BCUT2D eigenvalue weighted by atomic mass is 16.5. The third-order valence-electron chi connectivity index (χ3n) is 1.67. The van der Waals surface area contributed by atoms with Crippen molar-refractivity contribution in [2.75, 3.05) is 0 Å². The molecule has 20 heavy (non-hydrogen) atoms. The first-order valence-electron chi connectivity index (χ1n) is 5.71. The third kappa shape index (κ3) is 10.5. The highest BCUT2D eigenvalue weighted by Gasteiger charge is 1.82. The molecule has 0 radical (unpaired) electrons. The number of furan rings is 1. The summed E-state index contributed by atoms with van der Waals surface area (Å²) in [6.45, 7) is 8.32. The van der Waals surface area contributed by atoms with Gasteiger partial charge >= 0.3 is 5.97 Å². The van der Waals surface area contributed by atoms with Gasteiger partial charge in [-0.25, -0.2) is 0 Å². The largest absolute Gasteiger partial charge is 0.481 e. The summed E-state index contributed by atoms with van der Waals surface area (Å²) in [6, 6.07) is 3.09. The van der Waals surface area contributed by atoms with Gasteiger partial charge in [0.2, 0.25) is 0 Å². The summed E-state index contributed by atoms with van der Waals surface area (Å²) in [5, 5.41) is 8.31. The normalized spacial score (nSPS) is 8.35. The summed E-state index contributed by atoms with van der Waals surface area (Å²) in [7, 11) is 0. The molecule has 1 N–H and O–H groups in total. The summed E-state index contributed by atoms with van der Waals surface area (Å²) in [5.74, 6) is -0.361. The van der Waals surface area contributed by atoms with Gasteiger partial charge in [0.15, 0.2) is 0 Å². The first-order valence-corrected chi connectivity index (χ1v) is 5.71. The number of aromatic hydroxyl groups is 1. The number of carbonyl (C=O) groups excluding carboxylic acids is 1. The van der Waals surface area contributed by atoms with Crippen molar-refractivity contribution < 1.29 is 19.1 Å². The van der Waals surface area contributed by atoms with Crippen molar-refractivity contribution in [3.05, 3.63) is 55.0 Å². The molecule has 2 rings (SSSR count). The molecule has 0 aliphatic rings. The van der Waals surface area contributed by atoms with Gasteiger partial charge in [-0.1, -0.05) is 6.58 Å². The molecule has 0 saturated carbocycles. The standard InChI is InChI=1S/C6H8N2.C4H4O2.C4H6O2/c1-5-3-8-6(2)4-7-5;5-4-2-1-3-6-4;1-3-6-4(2)5/h3-4H,1-2H3;1-3,5H;3H,1H2,2H3. The quantitative estimate of drug-likeness (QED) is 0.637. The predicted molar refractivity (Wildman–Crippen MR) is 73.8 cm³/mol. The molecular weight excluding hydrogens is 260 g/mol. The first kappa shape index (κ1) is 17.4. The number of hydrogen-bond acceptors (Lipinski definition) is 6. The molecule has 0 spiro atoms. The van der Waals surface area contributed by atoms with E-state index in [0.717, 1.165) is 17.6 Å². The molecular formula is C14H18N2O4. The zero-order chi connectivity index (χ0) is 15.4. The van der Waals surface area contributed by atoms with Gasteiger partial charge in [-0.2, -0.15) is 0 Å². The monoisotopic (exact) mass is 278 g/mol. The second kappa shape index (κ2) is 10.3. The van der Waals surface area contributed by atoms with Crippen LogP contribution in [0.4, 0.5) is 0 Å². The van der Waals surface area contributed by atoms with Crippen LogP contribution in [0.25, 0.3) is 0 Å². The van der Waals surface area contributed by atoms with Crippen LogP contribution in [-0.2, 0) is 9.53 Å². The zero-order valence-electron chi connectivity index (χ0n) is 11.7. The lowest BCUT2D eigenvalue weighted by Crippen LogP contribution is -1.87. The summed E-state index contributed by atoms with van der Waals surface area (Å²) in [4.78, 5) is 17.8. The summed E-state index contributed by atoms with van der Waals surface area (Å²) in [6.07, 6.45) is 6.03. The fourth-order valence-electron chi connectivity index (χ4n) is 0.844. The Morgan fingerprint density at radius 2 is 1.90 bits per heavy atom. The van der Waals surface area contributed by atoms with Crippen LogP contribution in [0.5, 0.6) is 5.95 Å². The molecule has 2 heterocycles. The SMILES string of the molecule is C=COC(C)=O.Cc1cnc(C)cn1.Oc1ccco1. The molecule has 0 amide bonds. The molecule has 0 bridgehead atoms. The van der Waals surface area contributed by atoms with Gasteiger partial charge in [-0.15, -0.1) is 0 Å². The van der Waals surface area contributed by atoms with Gasteiger partial charge in [0, 0.05) is 25.4 Å². The molecule has 0 unspecified atom stereocenters. The van der Waals surface area contributed by atoms with Crippen molar-refractivity contribution in [1.82, 2.24) is 9.97 Å². The second-order valence-corrected chi connectivity index (χ2v) is 3.53. The maximum absolute atomic E-state index is 9.75. The highest BCUT2D eigenvalue weighted by Crippen LogP contribution is 2.04. The number of carbonyl (C=O) groups is 1. The summed E-state index contributed by atoms with van der Waals surface area (Å²) in [5.41, 5.74) is 1.94. The van der Waals surface area contributed by atoms with E-state index in [4.69, 9.17) is 5.11 Å². The summed E-state index contributed by atoms with van der Waals surface area (Å²) >= 11 is 0. The van der Waals surface area contributed by atoms with Crippen LogP contribution < -0.4 is 0 Å². The van der Waals surface area contributed by atoms with E-state index in [1.54, 1.807) is 18.5 Å². The Labute approximate surface area is 117 Å². The van der Waals surface area contributed by atoms with Crippen LogP contribution in [-0.4, -0.2) is 21.0 Å². The first-order chi connectivity index (χ1) is 9.45. The molecule has 0 fully saturated rings. The lowest BCUT2D eigenvalue weighted by Gasteiger charge is -1.88. The van der Waals surface area contributed by atoms with Crippen molar-refractivity contribution in [3.63, 3.8) is 0 Å². The molecule has 0 saturated heterocycles. The number of esters is 1. The fourth-order valence-corrected chi connectivity index (χ4v) is 0.844. The molecule has 108 valence electrons. The Balaban J connectivity index is 0.000000276. The van der Waals surface area contributed by atoms with Gasteiger partial charge in [0.05, 0.1) is 23.9 Å². The van der Waals surface area contributed by atoms with Crippen LogP contribution in [0.2, 0.25) is 0 Å². The van der Waals surface area contributed by atoms with Gasteiger partial charge in [-0.3, -0.25) is 14.8 Å². The minimum Gasteiger partial charge on any atom is -0.481 e. The molecule has 2 aromatic heterocycles. The van der Waals surface area contributed by atoms with Crippen LogP contribution >= 0.6 is 0 Å². The molecule has 0 atom stereocenters. The lowest BCUT2D eigenvalue weighted by molar-refractivity contribution is -0.135. The molecule has 0 aliphatic heterocycles. The number of rotatable bonds is 1. The lowest BCUT2D eigenvalue weighted by atomic mass is 10.5. The smallest absolute Gasteiger partial charge is 0.307 e.